The maximum atomic E-state index is 12.1. The number of likely N-dealkylation sites (tertiary alicyclic amines) is 1. The van der Waals surface area contributed by atoms with E-state index in [2.05, 4.69) is 5.32 Å². The maximum Gasteiger partial charge on any atom is 0.333 e. The monoisotopic (exact) mass is 319 g/mol. The van der Waals surface area contributed by atoms with Gasteiger partial charge in [-0.2, -0.15) is 0 Å². The molecule has 1 aromatic rings. The van der Waals surface area contributed by atoms with Gasteiger partial charge in [-0.15, -0.1) is 0 Å². The fraction of sp³-hybridized carbons (Fsp3) is 0.562. The number of hydrogen-bond acceptors (Lipinski definition) is 5. The van der Waals surface area contributed by atoms with Crippen molar-refractivity contribution in [2.45, 2.75) is 19.3 Å². The summed E-state index contributed by atoms with van der Waals surface area (Å²) in [4.78, 5) is 24.8. The van der Waals surface area contributed by atoms with E-state index in [1.165, 1.54) is 7.11 Å². The van der Waals surface area contributed by atoms with Gasteiger partial charge in [0.2, 0.25) is 5.91 Å². The maximum absolute atomic E-state index is 12.1. The van der Waals surface area contributed by atoms with Gasteiger partial charge < -0.3 is 15.0 Å². The van der Waals surface area contributed by atoms with Gasteiger partial charge in [0.05, 0.1) is 12.0 Å². The molecule has 1 unspecified atom stereocenters. The van der Waals surface area contributed by atoms with E-state index in [0.717, 1.165) is 32.4 Å². The molecule has 0 aromatic heterocycles. The van der Waals surface area contributed by atoms with Crippen molar-refractivity contribution in [1.82, 2.24) is 4.90 Å². The number of benzene rings is 1. The van der Waals surface area contributed by atoms with Crippen molar-refractivity contribution in [3.05, 3.63) is 28.3 Å². The first-order valence-electron chi connectivity index (χ1n) is 7.94. The van der Waals surface area contributed by atoms with Crippen LogP contribution >= 0.6 is 0 Å². The Morgan fingerprint density at radius 3 is 2.87 bits per heavy atom. The Hall–Kier alpha value is -2.31. The fourth-order valence-corrected chi connectivity index (χ4v) is 3.06. The second kappa shape index (κ2) is 6.44. The highest BCUT2D eigenvalue weighted by Crippen LogP contribution is 2.35. The Labute approximate surface area is 134 Å². The topological polar surface area (TPSA) is 84.7 Å². The van der Waals surface area contributed by atoms with Gasteiger partial charge in [-0.1, -0.05) is 6.07 Å². The lowest BCUT2D eigenvalue weighted by molar-refractivity contribution is -0.384. The van der Waals surface area contributed by atoms with Crippen molar-refractivity contribution in [3.8, 4) is 5.75 Å². The zero-order chi connectivity index (χ0) is 16.4. The molecule has 7 nitrogen and oxygen atoms in total. The normalized spacial score (nSPS) is 20.4. The van der Waals surface area contributed by atoms with Crippen molar-refractivity contribution in [3.63, 3.8) is 0 Å². The number of carbonyl (C=O) groups excluding carboxylic acids is 1. The molecule has 1 aliphatic carbocycles. The van der Waals surface area contributed by atoms with Gasteiger partial charge in [-0.05, 0) is 37.3 Å². The predicted octanol–water partition coefficient (Wildman–Crippen LogP) is 2.27. The Morgan fingerprint density at radius 2 is 2.22 bits per heavy atom. The molecule has 1 aliphatic heterocycles. The molecule has 1 amide bonds. The van der Waals surface area contributed by atoms with E-state index in [1.807, 2.05) is 4.90 Å². The zero-order valence-electron chi connectivity index (χ0n) is 13.2. The molecular formula is C16H21N3O4. The smallest absolute Gasteiger partial charge is 0.333 e. The number of methoxy groups -OCH3 is 1. The number of anilines is 1. The van der Waals surface area contributed by atoms with Crippen LogP contribution < -0.4 is 10.1 Å². The average molecular weight is 319 g/mol. The summed E-state index contributed by atoms with van der Waals surface area (Å²) in [7, 11) is 1.42. The molecule has 2 fully saturated rings. The van der Waals surface area contributed by atoms with E-state index in [-0.39, 0.29) is 23.3 Å². The molecule has 0 bridgehead atoms. The number of nitrogens with one attached hydrogen (secondary N) is 1. The number of para-hydroxylation sites is 1. The van der Waals surface area contributed by atoms with Gasteiger partial charge in [-0.3, -0.25) is 14.9 Å². The molecule has 2 aliphatic rings. The van der Waals surface area contributed by atoms with E-state index < -0.39 is 4.92 Å². The third-order valence-corrected chi connectivity index (χ3v) is 4.51. The van der Waals surface area contributed by atoms with Gasteiger partial charge in [0.25, 0.3) is 0 Å². The molecule has 0 spiro atoms. The Morgan fingerprint density at radius 1 is 1.43 bits per heavy atom. The van der Waals surface area contributed by atoms with Crippen LogP contribution in [0.1, 0.15) is 19.3 Å². The van der Waals surface area contributed by atoms with Crippen LogP contribution in [-0.4, -0.2) is 42.5 Å². The van der Waals surface area contributed by atoms with Crippen molar-refractivity contribution >= 4 is 17.3 Å². The SMILES string of the molecule is COc1cccc(NCC2CCN(C(=O)C3CC3)C2)c1[N+](=O)[O-]. The van der Waals surface area contributed by atoms with Gasteiger partial charge in [0, 0.05) is 25.6 Å². The molecule has 1 atom stereocenters. The van der Waals surface area contributed by atoms with Gasteiger partial charge in [0.15, 0.2) is 5.75 Å². The summed E-state index contributed by atoms with van der Waals surface area (Å²) in [5.74, 6) is 1.10. The predicted molar refractivity (Wildman–Crippen MR) is 85.5 cm³/mol. The number of nitro benzene ring substituents is 1. The molecule has 7 heteroatoms. The van der Waals surface area contributed by atoms with Crippen molar-refractivity contribution in [2.24, 2.45) is 11.8 Å². The van der Waals surface area contributed by atoms with E-state index in [1.54, 1.807) is 18.2 Å². The second-order valence-electron chi connectivity index (χ2n) is 6.21. The van der Waals surface area contributed by atoms with Crippen LogP contribution in [0.3, 0.4) is 0 Å². The lowest BCUT2D eigenvalue weighted by Crippen LogP contribution is -2.30. The zero-order valence-corrected chi connectivity index (χ0v) is 13.2. The number of nitro groups is 1. The van der Waals surface area contributed by atoms with Crippen LogP contribution in [0.5, 0.6) is 5.75 Å². The van der Waals surface area contributed by atoms with E-state index in [9.17, 15) is 14.9 Å². The molecular weight excluding hydrogens is 298 g/mol. The number of rotatable bonds is 6. The number of nitrogens with zero attached hydrogens (tertiary/aromatic N) is 2. The minimum absolute atomic E-state index is 0.0427. The highest BCUT2D eigenvalue weighted by Gasteiger charge is 2.36. The highest BCUT2D eigenvalue weighted by atomic mass is 16.6. The Kier molecular flexibility index (Phi) is 4.36. The molecule has 0 radical (unpaired) electrons. The number of ether oxygens (including phenoxy) is 1. The molecule has 124 valence electrons. The first-order chi connectivity index (χ1) is 11.1. The summed E-state index contributed by atoms with van der Waals surface area (Å²) in [6.45, 7) is 2.14. The van der Waals surface area contributed by atoms with Crippen LogP contribution in [-0.2, 0) is 4.79 Å². The van der Waals surface area contributed by atoms with E-state index >= 15 is 0 Å². The van der Waals surface area contributed by atoms with Crippen LogP contribution in [0.4, 0.5) is 11.4 Å². The lowest BCUT2D eigenvalue weighted by atomic mass is 10.1. The molecule has 1 aromatic carbocycles. The highest BCUT2D eigenvalue weighted by molar-refractivity contribution is 5.81. The minimum atomic E-state index is -0.432. The van der Waals surface area contributed by atoms with Crippen LogP contribution in [0.2, 0.25) is 0 Å². The molecule has 23 heavy (non-hydrogen) atoms. The van der Waals surface area contributed by atoms with Crippen LogP contribution in [0.15, 0.2) is 18.2 Å². The summed E-state index contributed by atoms with van der Waals surface area (Å²) < 4.78 is 5.07. The molecule has 1 N–H and O–H groups in total. The second-order valence-corrected chi connectivity index (χ2v) is 6.21. The van der Waals surface area contributed by atoms with E-state index in [0.29, 0.717) is 18.2 Å². The summed E-state index contributed by atoms with van der Waals surface area (Å²) in [5, 5.41) is 14.4. The first-order valence-corrected chi connectivity index (χ1v) is 7.94. The molecule has 3 rings (SSSR count). The number of carbonyl (C=O) groups is 1. The Balaban J connectivity index is 1.60. The molecule has 1 heterocycles. The third-order valence-electron chi connectivity index (χ3n) is 4.51. The average Bonchev–Trinajstić information content (AvgIpc) is 3.29. The summed E-state index contributed by atoms with van der Waals surface area (Å²) in [5.41, 5.74) is 0.417. The van der Waals surface area contributed by atoms with Gasteiger partial charge in [-0.25, -0.2) is 0 Å². The first kappa shape index (κ1) is 15.6. The van der Waals surface area contributed by atoms with Crippen LogP contribution in [0, 0.1) is 22.0 Å². The Bertz CT molecular complexity index is 615. The molecule has 1 saturated heterocycles. The van der Waals surface area contributed by atoms with E-state index in [4.69, 9.17) is 4.74 Å². The van der Waals surface area contributed by atoms with Crippen molar-refractivity contribution < 1.29 is 14.5 Å². The summed E-state index contributed by atoms with van der Waals surface area (Å²) in [6.07, 6.45) is 2.98. The van der Waals surface area contributed by atoms with Crippen LogP contribution in [0.25, 0.3) is 0 Å². The van der Waals surface area contributed by atoms with Gasteiger partial charge >= 0.3 is 5.69 Å². The fourth-order valence-electron chi connectivity index (χ4n) is 3.06. The quantitative estimate of drug-likeness (QED) is 0.642. The third kappa shape index (κ3) is 3.38. The number of hydrogen-bond donors (Lipinski definition) is 1. The largest absolute Gasteiger partial charge is 0.490 e. The van der Waals surface area contributed by atoms with Crippen molar-refractivity contribution in [2.75, 3.05) is 32.1 Å². The standard InChI is InChI=1S/C16H21N3O4/c1-23-14-4-2-3-13(15(14)19(21)22)17-9-11-7-8-18(10-11)16(20)12-5-6-12/h2-4,11-12,17H,5-10H2,1H3. The molecule has 1 saturated carbocycles. The lowest BCUT2D eigenvalue weighted by Gasteiger charge is -2.17. The summed E-state index contributed by atoms with van der Waals surface area (Å²) in [6, 6.07) is 4.99. The van der Waals surface area contributed by atoms with Crippen molar-refractivity contribution in [1.29, 1.82) is 0 Å². The minimum Gasteiger partial charge on any atom is -0.490 e. The summed E-state index contributed by atoms with van der Waals surface area (Å²) >= 11 is 0. The van der Waals surface area contributed by atoms with Gasteiger partial charge in [0.1, 0.15) is 5.69 Å². The number of amides is 1.